The van der Waals surface area contributed by atoms with E-state index in [4.69, 9.17) is 9.84 Å². The third-order valence-corrected chi connectivity index (χ3v) is 2.34. The van der Waals surface area contributed by atoms with Gasteiger partial charge in [-0.15, -0.1) is 0 Å². The van der Waals surface area contributed by atoms with Crippen molar-refractivity contribution in [3.63, 3.8) is 0 Å². The molecule has 1 unspecified atom stereocenters. The van der Waals surface area contributed by atoms with Crippen LogP contribution in [0.3, 0.4) is 0 Å². The number of hydrogen-bond acceptors (Lipinski definition) is 4. The van der Waals surface area contributed by atoms with E-state index in [1.165, 1.54) is 12.1 Å². The number of rotatable bonds is 5. The SMILES string of the molecule is COCC(C)NC(=O)c1ccc(C(=O)O)c(C)n1. The van der Waals surface area contributed by atoms with E-state index in [9.17, 15) is 9.59 Å². The minimum absolute atomic E-state index is 0.0940. The Morgan fingerprint density at radius 2 is 2.17 bits per heavy atom. The molecule has 18 heavy (non-hydrogen) atoms. The first kappa shape index (κ1) is 14.1. The summed E-state index contributed by atoms with van der Waals surface area (Å²) in [5.74, 6) is -1.40. The van der Waals surface area contributed by atoms with Gasteiger partial charge in [-0.1, -0.05) is 0 Å². The monoisotopic (exact) mass is 252 g/mol. The molecular formula is C12H16N2O4. The number of nitrogens with one attached hydrogen (secondary N) is 1. The van der Waals surface area contributed by atoms with E-state index in [1.54, 1.807) is 21.0 Å². The van der Waals surface area contributed by atoms with Gasteiger partial charge in [-0.3, -0.25) is 4.79 Å². The van der Waals surface area contributed by atoms with Crippen LogP contribution in [0.2, 0.25) is 0 Å². The molecule has 0 radical (unpaired) electrons. The minimum atomic E-state index is -1.06. The zero-order valence-corrected chi connectivity index (χ0v) is 10.6. The van der Waals surface area contributed by atoms with Gasteiger partial charge in [0.1, 0.15) is 5.69 Å². The van der Waals surface area contributed by atoms with Crippen molar-refractivity contribution in [1.82, 2.24) is 10.3 Å². The highest BCUT2D eigenvalue weighted by Gasteiger charge is 2.14. The van der Waals surface area contributed by atoms with Crippen LogP contribution in [0.4, 0.5) is 0 Å². The van der Waals surface area contributed by atoms with Gasteiger partial charge in [0.15, 0.2) is 0 Å². The van der Waals surface area contributed by atoms with Crippen LogP contribution >= 0.6 is 0 Å². The highest BCUT2D eigenvalue weighted by atomic mass is 16.5. The first-order valence-corrected chi connectivity index (χ1v) is 5.46. The van der Waals surface area contributed by atoms with Crippen LogP contribution in [0.1, 0.15) is 33.5 Å². The van der Waals surface area contributed by atoms with Crippen molar-refractivity contribution in [2.75, 3.05) is 13.7 Å². The normalized spacial score (nSPS) is 11.9. The lowest BCUT2D eigenvalue weighted by molar-refractivity contribution is 0.0694. The van der Waals surface area contributed by atoms with E-state index in [2.05, 4.69) is 10.3 Å². The van der Waals surface area contributed by atoms with Gasteiger partial charge < -0.3 is 15.2 Å². The number of carboxylic acid groups (broad SMARTS) is 1. The molecule has 0 aromatic carbocycles. The largest absolute Gasteiger partial charge is 0.478 e. The fourth-order valence-corrected chi connectivity index (χ4v) is 1.50. The van der Waals surface area contributed by atoms with Crippen molar-refractivity contribution in [2.45, 2.75) is 19.9 Å². The molecule has 0 aliphatic carbocycles. The number of nitrogens with zero attached hydrogens (tertiary/aromatic N) is 1. The number of aryl methyl sites for hydroxylation is 1. The molecule has 0 saturated carbocycles. The first-order chi connectivity index (χ1) is 8.45. The molecule has 1 heterocycles. The Kier molecular flexibility index (Phi) is 4.79. The Bertz CT molecular complexity index is 459. The van der Waals surface area contributed by atoms with Crippen molar-refractivity contribution in [3.05, 3.63) is 29.1 Å². The molecule has 2 N–H and O–H groups in total. The zero-order valence-electron chi connectivity index (χ0n) is 10.6. The number of hydrogen-bond donors (Lipinski definition) is 2. The van der Waals surface area contributed by atoms with Crippen LogP contribution in [0, 0.1) is 6.92 Å². The number of carbonyl (C=O) groups excluding carboxylic acids is 1. The Morgan fingerprint density at radius 3 is 2.67 bits per heavy atom. The molecule has 98 valence electrons. The first-order valence-electron chi connectivity index (χ1n) is 5.46. The van der Waals surface area contributed by atoms with E-state index < -0.39 is 5.97 Å². The second kappa shape index (κ2) is 6.11. The summed E-state index contributed by atoms with van der Waals surface area (Å²) in [6.45, 7) is 3.76. The quantitative estimate of drug-likeness (QED) is 0.811. The molecule has 1 amide bonds. The lowest BCUT2D eigenvalue weighted by Crippen LogP contribution is -2.36. The third kappa shape index (κ3) is 3.53. The summed E-state index contributed by atoms with van der Waals surface area (Å²) in [6.07, 6.45) is 0. The second-order valence-corrected chi connectivity index (χ2v) is 3.96. The number of aromatic nitrogens is 1. The highest BCUT2D eigenvalue weighted by Crippen LogP contribution is 2.07. The van der Waals surface area contributed by atoms with Gasteiger partial charge >= 0.3 is 5.97 Å². The molecule has 0 aliphatic rings. The zero-order chi connectivity index (χ0) is 13.7. The van der Waals surface area contributed by atoms with E-state index in [0.717, 1.165) is 0 Å². The molecule has 1 aromatic heterocycles. The number of ether oxygens (including phenoxy) is 1. The molecule has 0 bridgehead atoms. The highest BCUT2D eigenvalue weighted by molar-refractivity contribution is 5.94. The molecule has 1 atom stereocenters. The Morgan fingerprint density at radius 1 is 1.50 bits per heavy atom. The Balaban J connectivity index is 2.81. The maximum absolute atomic E-state index is 11.8. The van der Waals surface area contributed by atoms with Crippen molar-refractivity contribution in [3.8, 4) is 0 Å². The molecule has 6 nitrogen and oxygen atoms in total. The van der Waals surface area contributed by atoms with E-state index in [-0.39, 0.29) is 23.2 Å². The van der Waals surface area contributed by atoms with Gasteiger partial charge in [-0.2, -0.15) is 0 Å². The molecule has 0 spiro atoms. The van der Waals surface area contributed by atoms with Crippen LogP contribution in [0.15, 0.2) is 12.1 Å². The van der Waals surface area contributed by atoms with Gasteiger partial charge in [-0.25, -0.2) is 9.78 Å². The van der Waals surface area contributed by atoms with Crippen LogP contribution in [0.5, 0.6) is 0 Å². The molecule has 0 saturated heterocycles. The maximum atomic E-state index is 11.8. The van der Waals surface area contributed by atoms with E-state index >= 15 is 0 Å². The van der Waals surface area contributed by atoms with Crippen molar-refractivity contribution >= 4 is 11.9 Å². The smallest absolute Gasteiger partial charge is 0.337 e. The molecule has 0 aliphatic heterocycles. The van der Waals surface area contributed by atoms with Crippen molar-refractivity contribution < 1.29 is 19.4 Å². The summed E-state index contributed by atoms with van der Waals surface area (Å²) >= 11 is 0. The predicted octanol–water partition coefficient (Wildman–Crippen LogP) is 0.853. The lowest BCUT2D eigenvalue weighted by Gasteiger charge is -2.12. The standard InChI is InChI=1S/C12H16N2O4/c1-7(6-18-3)13-11(15)10-5-4-9(12(16)17)8(2)14-10/h4-5,7H,6H2,1-3H3,(H,13,15)(H,16,17). The Labute approximate surface area is 105 Å². The van der Waals surface area contributed by atoms with Gasteiger partial charge in [0.05, 0.1) is 17.9 Å². The van der Waals surface area contributed by atoms with E-state index in [0.29, 0.717) is 12.3 Å². The molecular weight excluding hydrogens is 236 g/mol. The topological polar surface area (TPSA) is 88.5 Å². The summed E-state index contributed by atoms with van der Waals surface area (Å²) in [4.78, 5) is 26.6. The number of aromatic carboxylic acids is 1. The lowest BCUT2D eigenvalue weighted by atomic mass is 10.2. The third-order valence-electron chi connectivity index (χ3n) is 2.34. The summed E-state index contributed by atoms with van der Waals surface area (Å²) in [5.41, 5.74) is 0.603. The maximum Gasteiger partial charge on any atom is 0.337 e. The number of carboxylic acids is 1. The molecule has 1 rings (SSSR count). The van der Waals surface area contributed by atoms with E-state index in [1.807, 2.05) is 0 Å². The Hall–Kier alpha value is -1.95. The van der Waals surface area contributed by atoms with Crippen LogP contribution in [-0.2, 0) is 4.74 Å². The number of pyridine rings is 1. The predicted molar refractivity (Wildman–Crippen MR) is 64.7 cm³/mol. The van der Waals surface area contributed by atoms with Gasteiger partial charge in [0.2, 0.25) is 0 Å². The number of methoxy groups -OCH3 is 1. The summed E-state index contributed by atoms with van der Waals surface area (Å²) < 4.78 is 4.90. The molecule has 1 aromatic rings. The van der Waals surface area contributed by atoms with Gasteiger partial charge in [0, 0.05) is 13.2 Å². The fraction of sp³-hybridized carbons (Fsp3) is 0.417. The molecule has 6 heteroatoms. The number of carbonyl (C=O) groups is 2. The van der Waals surface area contributed by atoms with Crippen LogP contribution in [0.25, 0.3) is 0 Å². The van der Waals surface area contributed by atoms with Crippen LogP contribution < -0.4 is 5.32 Å². The van der Waals surface area contributed by atoms with Gasteiger partial charge in [-0.05, 0) is 26.0 Å². The summed E-state index contributed by atoms with van der Waals surface area (Å²) in [6, 6.07) is 2.63. The van der Waals surface area contributed by atoms with Crippen molar-refractivity contribution in [2.24, 2.45) is 0 Å². The minimum Gasteiger partial charge on any atom is -0.478 e. The molecule has 0 fully saturated rings. The average Bonchev–Trinajstić information content (AvgIpc) is 2.28. The van der Waals surface area contributed by atoms with Crippen molar-refractivity contribution in [1.29, 1.82) is 0 Å². The van der Waals surface area contributed by atoms with Gasteiger partial charge in [0.25, 0.3) is 5.91 Å². The average molecular weight is 252 g/mol. The second-order valence-electron chi connectivity index (χ2n) is 3.96. The summed E-state index contributed by atoms with van der Waals surface area (Å²) in [5, 5.41) is 11.6. The summed E-state index contributed by atoms with van der Waals surface area (Å²) in [7, 11) is 1.55. The van der Waals surface area contributed by atoms with Crippen LogP contribution in [-0.4, -0.2) is 41.7 Å². The number of amides is 1. The fourth-order valence-electron chi connectivity index (χ4n) is 1.50.